The quantitative estimate of drug-likeness (QED) is 0.418. The predicted molar refractivity (Wildman–Crippen MR) is 128 cm³/mol. The van der Waals surface area contributed by atoms with Crippen LogP contribution < -0.4 is 0 Å². The smallest absolute Gasteiger partial charge is 0.254 e. The molecule has 1 aliphatic rings. The largest absolute Gasteiger partial charge is 0.339 e. The predicted octanol–water partition coefficient (Wildman–Crippen LogP) is 4.85. The molecule has 0 radical (unpaired) electrons. The van der Waals surface area contributed by atoms with E-state index >= 15 is 0 Å². The standard InChI is InChI=1S/C27H26N4O2/c1-2-31-26-23(18-28-31)22(17-24(29-26)19-9-5-3-6-10-19)27(33)30-15-13-21(14-16-30)25(32)20-11-7-4-8-12-20/h3-12,17-18,21H,2,13-16H2,1H3. The summed E-state index contributed by atoms with van der Waals surface area (Å²) >= 11 is 0. The molecule has 2 aromatic heterocycles. The summed E-state index contributed by atoms with van der Waals surface area (Å²) in [4.78, 5) is 33.1. The lowest BCUT2D eigenvalue weighted by molar-refractivity contribution is 0.0652. The molecule has 1 amide bonds. The lowest BCUT2D eigenvalue weighted by Gasteiger charge is -2.31. The van der Waals surface area contributed by atoms with Gasteiger partial charge in [-0.2, -0.15) is 5.10 Å². The fraction of sp³-hybridized carbons (Fsp3) is 0.259. The van der Waals surface area contributed by atoms with Gasteiger partial charge in [-0.05, 0) is 25.8 Å². The second-order valence-corrected chi connectivity index (χ2v) is 8.42. The number of nitrogens with zero attached hydrogens (tertiary/aromatic N) is 4. The Balaban J connectivity index is 1.42. The number of pyridine rings is 1. The first-order chi connectivity index (χ1) is 16.2. The Bertz CT molecular complexity index is 1290. The number of aromatic nitrogens is 3. The van der Waals surface area contributed by atoms with E-state index in [2.05, 4.69) is 5.10 Å². The molecule has 33 heavy (non-hydrogen) atoms. The second-order valence-electron chi connectivity index (χ2n) is 8.42. The van der Waals surface area contributed by atoms with Crippen LogP contribution in [0.5, 0.6) is 0 Å². The fourth-order valence-corrected chi connectivity index (χ4v) is 4.57. The summed E-state index contributed by atoms with van der Waals surface area (Å²) in [5.74, 6) is 0.0991. The van der Waals surface area contributed by atoms with Crippen molar-refractivity contribution in [2.45, 2.75) is 26.3 Å². The Labute approximate surface area is 192 Å². The van der Waals surface area contributed by atoms with E-state index in [9.17, 15) is 9.59 Å². The van der Waals surface area contributed by atoms with Crippen molar-refractivity contribution in [2.24, 2.45) is 5.92 Å². The van der Waals surface area contributed by atoms with E-state index in [-0.39, 0.29) is 17.6 Å². The van der Waals surface area contributed by atoms with E-state index in [1.165, 1.54) is 0 Å². The highest BCUT2D eigenvalue weighted by atomic mass is 16.2. The van der Waals surface area contributed by atoms with Crippen LogP contribution in [0.4, 0.5) is 0 Å². The highest BCUT2D eigenvalue weighted by Gasteiger charge is 2.29. The van der Waals surface area contributed by atoms with Gasteiger partial charge in [-0.15, -0.1) is 0 Å². The van der Waals surface area contributed by atoms with Gasteiger partial charge in [0.25, 0.3) is 5.91 Å². The van der Waals surface area contributed by atoms with Crippen LogP contribution in [0, 0.1) is 5.92 Å². The third-order valence-electron chi connectivity index (χ3n) is 6.42. The number of carbonyl (C=O) groups is 2. The van der Waals surface area contributed by atoms with Crippen LogP contribution in [0.2, 0.25) is 0 Å². The van der Waals surface area contributed by atoms with E-state index in [1.54, 1.807) is 6.20 Å². The molecular formula is C27H26N4O2. The minimum Gasteiger partial charge on any atom is -0.339 e. The zero-order valence-electron chi connectivity index (χ0n) is 18.6. The maximum atomic E-state index is 13.6. The van der Waals surface area contributed by atoms with E-state index in [4.69, 9.17) is 4.98 Å². The normalized spacial score (nSPS) is 14.5. The number of aryl methyl sites for hydroxylation is 1. The van der Waals surface area contributed by atoms with E-state index in [0.717, 1.165) is 27.9 Å². The number of fused-ring (bicyclic) bond motifs is 1. The van der Waals surface area contributed by atoms with Crippen molar-refractivity contribution >= 4 is 22.7 Å². The molecular weight excluding hydrogens is 412 g/mol. The first kappa shape index (κ1) is 21.1. The lowest BCUT2D eigenvalue weighted by Crippen LogP contribution is -2.40. The summed E-state index contributed by atoms with van der Waals surface area (Å²) in [6.07, 6.45) is 3.08. The number of carbonyl (C=O) groups excluding carboxylic acids is 2. The number of benzene rings is 2. The van der Waals surface area contributed by atoms with Crippen LogP contribution in [-0.2, 0) is 6.54 Å². The topological polar surface area (TPSA) is 68.1 Å². The first-order valence-electron chi connectivity index (χ1n) is 11.5. The highest BCUT2D eigenvalue weighted by Crippen LogP contribution is 2.28. The van der Waals surface area contributed by atoms with Gasteiger partial charge in [0.2, 0.25) is 0 Å². The number of likely N-dealkylation sites (tertiary alicyclic amines) is 1. The monoisotopic (exact) mass is 438 g/mol. The minimum absolute atomic E-state index is 0.0270. The molecule has 2 aromatic carbocycles. The van der Waals surface area contributed by atoms with Gasteiger partial charge in [-0.3, -0.25) is 9.59 Å². The zero-order valence-corrected chi connectivity index (χ0v) is 18.6. The number of piperidine rings is 1. The maximum Gasteiger partial charge on any atom is 0.254 e. The van der Waals surface area contributed by atoms with Crippen molar-refractivity contribution in [2.75, 3.05) is 13.1 Å². The molecule has 1 saturated heterocycles. The van der Waals surface area contributed by atoms with Crippen LogP contribution in [0.15, 0.2) is 72.9 Å². The number of hydrogen-bond acceptors (Lipinski definition) is 4. The average Bonchev–Trinajstić information content (AvgIpc) is 3.31. The van der Waals surface area contributed by atoms with E-state index in [0.29, 0.717) is 38.0 Å². The van der Waals surface area contributed by atoms with Crippen LogP contribution in [0.1, 0.15) is 40.5 Å². The molecule has 0 saturated carbocycles. The third kappa shape index (κ3) is 4.04. The molecule has 5 rings (SSSR count). The van der Waals surface area contributed by atoms with Crippen molar-refractivity contribution in [3.8, 4) is 11.3 Å². The van der Waals surface area contributed by atoms with Gasteiger partial charge in [0.1, 0.15) is 0 Å². The number of hydrogen-bond donors (Lipinski definition) is 0. The summed E-state index contributed by atoms with van der Waals surface area (Å²) < 4.78 is 1.82. The minimum atomic E-state index is -0.0448. The van der Waals surface area contributed by atoms with Crippen LogP contribution in [0.25, 0.3) is 22.3 Å². The van der Waals surface area contributed by atoms with Gasteiger partial charge in [-0.1, -0.05) is 60.7 Å². The van der Waals surface area contributed by atoms with Crippen LogP contribution in [-0.4, -0.2) is 44.4 Å². The molecule has 3 heterocycles. The molecule has 166 valence electrons. The number of rotatable bonds is 5. The SMILES string of the molecule is CCn1ncc2c(C(=O)N3CCC(C(=O)c4ccccc4)CC3)cc(-c3ccccc3)nc21. The molecule has 0 bridgehead atoms. The fourth-order valence-electron chi connectivity index (χ4n) is 4.57. The highest BCUT2D eigenvalue weighted by molar-refractivity contribution is 6.06. The molecule has 4 aromatic rings. The molecule has 6 nitrogen and oxygen atoms in total. The average molecular weight is 439 g/mol. The van der Waals surface area contributed by atoms with Gasteiger partial charge in [-0.25, -0.2) is 9.67 Å². The summed E-state index contributed by atoms with van der Waals surface area (Å²) in [7, 11) is 0. The molecule has 0 unspecified atom stereocenters. The van der Waals surface area contributed by atoms with Crippen molar-refractivity contribution in [1.29, 1.82) is 0 Å². The number of amides is 1. The van der Waals surface area contributed by atoms with Gasteiger partial charge < -0.3 is 4.90 Å². The van der Waals surface area contributed by atoms with Gasteiger partial charge in [0, 0.05) is 36.7 Å². The van der Waals surface area contributed by atoms with E-state index < -0.39 is 0 Å². The van der Waals surface area contributed by atoms with Crippen LogP contribution >= 0.6 is 0 Å². The Morgan fingerprint density at radius 1 is 0.970 bits per heavy atom. The van der Waals surface area contributed by atoms with Crippen molar-refractivity contribution in [1.82, 2.24) is 19.7 Å². The molecule has 6 heteroatoms. The summed E-state index contributed by atoms with van der Waals surface area (Å²) in [5, 5.41) is 5.21. The van der Waals surface area contributed by atoms with Crippen LogP contribution in [0.3, 0.4) is 0 Å². The first-order valence-corrected chi connectivity index (χ1v) is 11.5. The van der Waals surface area contributed by atoms with Gasteiger partial charge in [0.05, 0.1) is 22.8 Å². The number of ketones is 1. The van der Waals surface area contributed by atoms with Gasteiger partial charge in [0.15, 0.2) is 11.4 Å². The Morgan fingerprint density at radius 2 is 1.64 bits per heavy atom. The molecule has 0 atom stereocenters. The number of Topliss-reactive ketones (excluding diaryl/α,β-unsaturated/α-hetero) is 1. The molecule has 0 N–H and O–H groups in total. The second kappa shape index (κ2) is 8.98. The van der Waals surface area contributed by atoms with Gasteiger partial charge >= 0.3 is 0 Å². The molecule has 1 fully saturated rings. The third-order valence-corrected chi connectivity index (χ3v) is 6.42. The molecule has 0 spiro atoms. The summed E-state index contributed by atoms with van der Waals surface area (Å²) in [5.41, 5.74) is 3.81. The Kier molecular flexibility index (Phi) is 5.73. The van der Waals surface area contributed by atoms with Crippen molar-refractivity contribution in [3.05, 3.63) is 84.1 Å². The molecule has 1 aliphatic heterocycles. The molecule has 0 aliphatic carbocycles. The van der Waals surface area contributed by atoms with Crippen molar-refractivity contribution < 1.29 is 9.59 Å². The maximum absolute atomic E-state index is 13.6. The summed E-state index contributed by atoms with van der Waals surface area (Å²) in [6, 6.07) is 21.2. The Morgan fingerprint density at radius 3 is 2.30 bits per heavy atom. The lowest BCUT2D eigenvalue weighted by atomic mass is 9.88. The Hall–Kier alpha value is -3.80. The summed E-state index contributed by atoms with van der Waals surface area (Å²) in [6.45, 7) is 3.82. The van der Waals surface area contributed by atoms with Crippen molar-refractivity contribution in [3.63, 3.8) is 0 Å². The van der Waals surface area contributed by atoms with E-state index in [1.807, 2.05) is 83.2 Å². The zero-order chi connectivity index (χ0) is 22.8.